The first kappa shape index (κ1) is 21.6. The average Bonchev–Trinajstić information content (AvgIpc) is 2.70. The third kappa shape index (κ3) is 6.16. The van der Waals surface area contributed by atoms with E-state index >= 15 is 0 Å². The van der Waals surface area contributed by atoms with E-state index in [-0.39, 0.29) is 12.3 Å². The summed E-state index contributed by atoms with van der Waals surface area (Å²) in [5, 5.41) is 9.44. The van der Waals surface area contributed by atoms with Crippen molar-refractivity contribution in [1.82, 2.24) is 4.90 Å². The van der Waals surface area contributed by atoms with Crippen molar-refractivity contribution in [3.8, 4) is 11.5 Å². The fourth-order valence-electron chi connectivity index (χ4n) is 2.81. The number of amides is 1. The minimum absolute atomic E-state index is 0.0146. The maximum absolute atomic E-state index is 12.9. The number of aliphatic carboxylic acids is 1. The average molecular weight is 406 g/mol. The summed E-state index contributed by atoms with van der Waals surface area (Å²) in [7, 11) is 3.15. The molecule has 1 N–H and O–H groups in total. The van der Waals surface area contributed by atoms with Crippen molar-refractivity contribution in [1.29, 1.82) is 0 Å². The van der Waals surface area contributed by atoms with Gasteiger partial charge < -0.3 is 19.5 Å². The highest BCUT2D eigenvalue weighted by Gasteiger charge is 2.16. The molecule has 0 aliphatic carbocycles. The number of nitrogens with zero attached hydrogens (tertiary/aromatic N) is 1. The Kier molecular flexibility index (Phi) is 8.14. The highest BCUT2D eigenvalue weighted by molar-refractivity contribution is 6.30. The summed E-state index contributed by atoms with van der Waals surface area (Å²) < 4.78 is 10.6. The Hall–Kier alpha value is -2.73. The molecular weight excluding hydrogens is 382 g/mol. The molecule has 28 heavy (non-hydrogen) atoms. The van der Waals surface area contributed by atoms with Gasteiger partial charge in [-0.1, -0.05) is 17.7 Å². The molecule has 0 saturated heterocycles. The summed E-state index contributed by atoms with van der Waals surface area (Å²) in [6, 6.07) is 12.3. The molecule has 150 valence electrons. The number of carboxylic acids is 1. The van der Waals surface area contributed by atoms with E-state index in [4.69, 9.17) is 26.2 Å². The molecule has 0 unspecified atom stereocenters. The monoisotopic (exact) mass is 405 g/mol. The van der Waals surface area contributed by atoms with Crippen molar-refractivity contribution < 1.29 is 24.2 Å². The van der Waals surface area contributed by atoms with Crippen LogP contribution in [0.2, 0.25) is 5.02 Å². The van der Waals surface area contributed by atoms with Gasteiger partial charge in [0.05, 0.1) is 14.2 Å². The maximum Gasteiger partial charge on any atom is 0.303 e. The van der Waals surface area contributed by atoms with Gasteiger partial charge in [-0.25, -0.2) is 0 Å². The van der Waals surface area contributed by atoms with Crippen molar-refractivity contribution in [2.24, 2.45) is 0 Å². The summed E-state index contributed by atoms with van der Waals surface area (Å²) in [5.41, 5.74) is 1.51. The van der Waals surface area contributed by atoms with Crippen LogP contribution in [0.3, 0.4) is 0 Å². The molecule has 1 amide bonds. The standard InChI is InChI=1S/C21H24ClNO5/c1-27-18-10-5-15(14-19(18)28-2)11-13-23(12-3-4-20(24)25)21(26)16-6-8-17(22)9-7-16/h5-10,14H,3-4,11-13H2,1-2H3,(H,24,25). The van der Waals surface area contributed by atoms with E-state index in [1.807, 2.05) is 18.2 Å². The zero-order chi connectivity index (χ0) is 20.5. The predicted molar refractivity (Wildman–Crippen MR) is 107 cm³/mol. The third-order valence-corrected chi connectivity index (χ3v) is 4.57. The van der Waals surface area contributed by atoms with Gasteiger partial charge in [0, 0.05) is 30.1 Å². The van der Waals surface area contributed by atoms with E-state index in [0.717, 1.165) is 5.56 Å². The Morgan fingerprint density at radius 1 is 1.00 bits per heavy atom. The molecule has 2 rings (SSSR count). The first-order chi connectivity index (χ1) is 13.4. The quantitative estimate of drug-likeness (QED) is 0.648. The Balaban J connectivity index is 2.11. The minimum atomic E-state index is -0.876. The van der Waals surface area contributed by atoms with Crippen molar-refractivity contribution in [2.45, 2.75) is 19.3 Å². The lowest BCUT2D eigenvalue weighted by Crippen LogP contribution is -2.34. The van der Waals surface area contributed by atoms with E-state index in [1.165, 1.54) is 0 Å². The van der Waals surface area contributed by atoms with Gasteiger partial charge in [0.2, 0.25) is 0 Å². The number of carbonyl (C=O) groups is 2. The predicted octanol–water partition coefficient (Wildman–Crippen LogP) is 3.91. The number of carboxylic acid groups (broad SMARTS) is 1. The number of benzene rings is 2. The third-order valence-electron chi connectivity index (χ3n) is 4.32. The van der Waals surface area contributed by atoms with Crippen molar-refractivity contribution in [3.05, 3.63) is 58.6 Å². The second-order valence-corrected chi connectivity index (χ2v) is 6.67. The number of ether oxygens (including phenoxy) is 2. The van der Waals surface area contributed by atoms with Gasteiger partial charge >= 0.3 is 5.97 Å². The van der Waals surface area contributed by atoms with Gasteiger partial charge in [0.15, 0.2) is 11.5 Å². The zero-order valence-corrected chi connectivity index (χ0v) is 16.7. The number of halogens is 1. The molecule has 0 bridgehead atoms. The SMILES string of the molecule is COc1ccc(CCN(CCCC(=O)O)C(=O)c2ccc(Cl)cc2)cc1OC. The smallest absolute Gasteiger partial charge is 0.303 e. The first-order valence-corrected chi connectivity index (χ1v) is 9.30. The van der Waals surface area contributed by atoms with Gasteiger partial charge in [0.25, 0.3) is 5.91 Å². The first-order valence-electron chi connectivity index (χ1n) is 8.92. The fraction of sp³-hybridized carbons (Fsp3) is 0.333. The normalized spacial score (nSPS) is 10.4. The fourth-order valence-corrected chi connectivity index (χ4v) is 2.94. The number of rotatable bonds is 10. The summed E-state index contributed by atoms with van der Waals surface area (Å²) in [6.45, 7) is 0.817. The largest absolute Gasteiger partial charge is 0.493 e. The van der Waals surface area contributed by atoms with Crippen LogP contribution >= 0.6 is 11.6 Å². The second kappa shape index (κ2) is 10.6. The summed E-state index contributed by atoms with van der Waals surface area (Å²) in [6.07, 6.45) is 1.01. The lowest BCUT2D eigenvalue weighted by atomic mass is 10.1. The molecule has 6 nitrogen and oxygen atoms in total. The molecule has 0 fully saturated rings. The lowest BCUT2D eigenvalue weighted by molar-refractivity contribution is -0.137. The van der Waals surface area contributed by atoms with Crippen molar-refractivity contribution in [3.63, 3.8) is 0 Å². The molecule has 0 heterocycles. The summed E-state index contributed by atoms with van der Waals surface area (Å²) in [5.74, 6) is 0.240. The Morgan fingerprint density at radius 3 is 2.29 bits per heavy atom. The van der Waals surface area contributed by atoms with Gasteiger partial charge in [-0.15, -0.1) is 0 Å². The number of hydrogen-bond acceptors (Lipinski definition) is 4. The van der Waals surface area contributed by atoms with Gasteiger partial charge in [0.1, 0.15) is 0 Å². The molecule has 0 aliphatic rings. The Labute approximate surface area is 169 Å². The van der Waals surface area contributed by atoms with Crippen LogP contribution in [0.1, 0.15) is 28.8 Å². The van der Waals surface area contributed by atoms with Crippen LogP contribution in [0.4, 0.5) is 0 Å². The topological polar surface area (TPSA) is 76.1 Å². The molecule has 0 aromatic heterocycles. The number of hydrogen-bond donors (Lipinski definition) is 1. The van der Waals surface area contributed by atoms with Crippen LogP contribution < -0.4 is 9.47 Å². The van der Waals surface area contributed by atoms with Crippen molar-refractivity contribution in [2.75, 3.05) is 27.3 Å². The van der Waals surface area contributed by atoms with Crippen LogP contribution in [-0.2, 0) is 11.2 Å². The molecule has 7 heteroatoms. The van der Waals surface area contributed by atoms with Gasteiger partial charge in [-0.05, 0) is 54.8 Å². The summed E-state index contributed by atoms with van der Waals surface area (Å²) >= 11 is 5.90. The molecule has 0 spiro atoms. The molecule has 0 atom stereocenters. The van der Waals surface area contributed by atoms with E-state index in [2.05, 4.69) is 0 Å². The zero-order valence-electron chi connectivity index (χ0n) is 16.0. The molecule has 2 aromatic rings. The highest BCUT2D eigenvalue weighted by atomic mass is 35.5. The van der Waals surface area contributed by atoms with Crippen LogP contribution in [0.15, 0.2) is 42.5 Å². The van der Waals surface area contributed by atoms with E-state index < -0.39 is 5.97 Å². The van der Waals surface area contributed by atoms with E-state index in [9.17, 15) is 9.59 Å². The Morgan fingerprint density at radius 2 is 1.68 bits per heavy atom. The molecular formula is C21H24ClNO5. The molecule has 2 aromatic carbocycles. The molecule has 0 aliphatic heterocycles. The van der Waals surface area contributed by atoms with Crippen LogP contribution in [0.25, 0.3) is 0 Å². The van der Waals surface area contributed by atoms with Crippen LogP contribution in [0, 0.1) is 0 Å². The van der Waals surface area contributed by atoms with E-state index in [1.54, 1.807) is 43.4 Å². The van der Waals surface area contributed by atoms with Gasteiger partial charge in [-0.3, -0.25) is 9.59 Å². The summed E-state index contributed by atoms with van der Waals surface area (Å²) in [4.78, 5) is 25.4. The van der Waals surface area contributed by atoms with Crippen LogP contribution in [-0.4, -0.2) is 49.2 Å². The van der Waals surface area contributed by atoms with Gasteiger partial charge in [-0.2, -0.15) is 0 Å². The number of methoxy groups -OCH3 is 2. The number of carbonyl (C=O) groups excluding carboxylic acids is 1. The molecule has 0 radical (unpaired) electrons. The van der Waals surface area contributed by atoms with Crippen molar-refractivity contribution >= 4 is 23.5 Å². The second-order valence-electron chi connectivity index (χ2n) is 6.24. The highest BCUT2D eigenvalue weighted by Crippen LogP contribution is 2.27. The maximum atomic E-state index is 12.9. The lowest BCUT2D eigenvalue weighted by Gasteiger charge is -2.23. The van der Waals surface area contributed by atoms with E-state index in [0.29, 0.717) is 48.0 Å². The minimum Gasteiger partial charge on any atom is -0.493 e. The van der Waals surface area contributed by atoms with Crippen LogP contribution in [0.5, 0.6) is 11.5 Å². The Bertz CT molecular complexity index is 807. The molecule has 0 saturated carbocycles.